The highest BCUT2D eigenvalue weighted by atomic mass is 35.5. The quantitative estimate of drug-likeness (QED) is 0.892. The summed E-state index contributed by atoms with van der Waals surface area (Å²) in [6.45, 7) is 5.22. The van der Waals surface area contributed by atoms with E-state index in [-0.39, 0.29) is 0 Å². The van der Waals surface area contributed by atoms with Crippen molar-refractivity contribution in [1.29, 1.82) is 0 Å². The predicted octanol–water partition coefficient (Wildman–Crippen LogP) is 3.95. The second-order valence-corrected chi connectivity index (χ2v) is 5.52. The molecule has 0 radical (unpaired) electrons. The summed E-state index contributed by atoms with van der Waals surface area (Å²) >= 11 is 6.06. The zero-order chi connectivity index (χ0) is 13.0. The van der Waals surface area contributed by atoms with Crippen molar-refractivity contribution in [2.24, 2.45) is 0 Å². The Morgan fingerprint density at radius 2 is 2.33 bits per heavy atom. The fraction of sp³-hybridized carbons (Fsp3) is 0.600. The van der Waals surface area contributed by atoms with Crippen LogP contribution in [0.25, 0.3) is 0 Å². The van der Waals surface area contributed by atoms with Crippen LogP contribution in [0.1, 0.15) is 44.7 Å². The number of hydrogen-bond acceptors (Lipinski definition) is 2. The highest BCUT2D eigenvalue weighted by Crippen LogP contribution is 2.23. The number of ether oxygens (including phenoxy) is 1. The van der Waals surface area contributed by atoms with Crippen molar-refractivity contribution in [2.75, 3.05) is 6.61 Å². The molecule has 1 aromatic carbocycles. The van der Waals surface area contributed by atoms with Crippen molar-refractivity contribution in [1.82, 2.24) is 5.32 Å². The largest absolute Gasteiger partial charge is 0.378 e. The average molecular weight is 268 g/mol. The molecule has 0 aromatic heterocycles. The van der Waals surface area contributed by atoms with Crippen molar-refractivity contribution >= 4 is 11.6 Å². The van der Waals surface area contributed by atoms with Crippen LogP contribution in [-0.2, 0) is 4.74 Å². The molecule has 1 aromatic rings. The van der Waals surface area contributed by atoms with E-state index >= 15 is 0 Å². The first-order valence-electron chi connectivity index (χ1n) is 6.82. The number of benzene rings is 1. The topological polar surface area (TPSA) is 21.3 Å². The molecule has 3 unspecified atom stereocenters. The van der Waals surface area contributed by atoms with Crippen LogP contribution in [0.4, 0.5) is 0 Å². The van der Waals surface area contributed by atoms with Gasteiger partial charge in [-0.15, -0.1) is 0 Å². The summed E-state index contributed by atoms with van der Waals surface area (Å²) in [4.78, 5) is 0. The Morgan fingerprint density at radius 3 is 3.00 bits per heavy atom. The minimum absolute atomic E-state index is 0.369. The highest BCUT2D eigenvalue weighted by Gasteiger charge is 2.22. The van der Waals surface area contributed by atoms with Crippen LogP contribution in [0.15, 0.2) is 24.3 Å². The molecular formula is C15H22ClNO. The normalized spacial score (nSPS) is 25.9. The molecule has 1 fully saturated rings. The maximum atomic E-state index is 6.06. The van der Waals surface area contributed by atoms with Gasteiger partial charge in [-0.2, -0.15) is 0 Å². The van der Waals surface area contributed by atoms with E-state index in [1.54, 1.807) is 0 Å². The summed E-state index contributed by atoms with van der Waals surface area (Å²) < 4.78 is 5.59. The van der Waals surface area contributed by atoms with Crippen LogP contribution < -0.4 is 5.32 Å². The monoisotopic (exact) mass is 267 g/mol. The second kappa shape index (κ2) is 6.55. The second-order valence-electron chi connectivity index (χ2n) is 5.09. The van der Waals surface area contributed by atoms with Crippen molar-refractivity contribution in [3.63, 3.8) is 0 Å². The molecule has 0 spiro atoms. The minimum atomic E-state index is 0.369. The average Bonchev–Trinajstić information content (AvgIpc) is 2.36. The van der Waals surface area contributed by atoms with Gasteiger partial charge in [0.2, 0.25) is 0 Å². The summed E-state index contributed by atoms with van der Waals surface area (Å²) in [7, 11) is 0. The van der Waals surface area contributed by atoms with Crippen LogP contribution in [0.3, 0.4) is 0 Å². The van der Waals surface area contributed by atoms with Gasteiger partial charge in [-0.25, -0.2) is 0 Å². The standard InChI is InChI=1S/C15H22ClNO/c1-3-15(12-5-4-6-13(16)10-12)17-14-7-8-18-11(2)9-14/h4-6,10-11,14-15,17H,3,7-9H2,1-2H3. The molecule has 3 atom stereocenters. The molecule has 100 valence electrons. The lowest BCUT2D eigenvalue weighted by molar-refractivity contribution is 0.0111. The predicted molar refractivity (Wildman–Crippen MR) is 76.1 cm³/mol. The Labute approximate surface area is 115 Å². The Balaban J connectivity index is 2.00. The Kier molecular flexibility index (Phi) is 5.04. The third-order valence-electron chi connectivity index (χ3n) is 3.58. The number of rotatable bonds is 4. The summed E-state index contributed by atoms with van der Waals surface area (Å²) in [5.74, 6) is 0. The fourth-order valence-electron chi connectivity index (χ4n) is 2.61. The molecule has 2 nitrogen and oxygen atoms in total. The smallest absolute Gasteiger partial charge is 0.0561 e. The zero-order valence-electron chi connectivity index (χ0n) is 11.2. The van der Waals surface area contributed by atoms with Gasteiger partial charge in [-0.3, -0.25) is 0 Å². The lowest BCUT2D eigenvalue weighted by Gasteiger charge is -2.31. The first-order valence-corrected chi connectivity index (χ1v) is 7.20. The van der Waals surface area contributed by atoms with E-state index in [2.05, 4.69) is 31.3 Å². The zero-order valence-corrected chi connectivity index (χ0v) is 11.9. The van der Waals surface area contributed by atoms with E-state index in [1.165, 1.54) is 5.56 Å². The van der Waals surface area contributed by atoms with Crippen LogP contribution in [0.5, 0.6) is 0 Å². The molecule has 3 heteroatoms. The third kappa shape index (κ3) is 3.71. The number of halogens is 1. The molecule has 0 aliphatic carbocycles. The van der Waals surface area contributed by atoms with Crippen LogP contribution in [0, 0.1) is 0 Å². The van der Waals surface area contributed by atoms with Crippen molar-refractivity contribution in [2.45, 2.75) is 51.3 Å². The molecule has 1 aliphatic rings. The van der Waals surface area contributed by atoms with Gasteiger partial charge in [0, 0.05) is 23.7 Å². The van der Waals surface area contributed by atoms with E-state index in [4.69, 9.17) is 16.3 Å². The molecule has 0 bridgehead atoms. The molecule has 18 heavy (non-hydrogen) atoms. The van der Waals surface area contributed by atoms with Gasteiger partial charge in [0.05, 0.1) is 6.10 Å². The van der Waals surface area contributed by atoms with Crippen LogP contribution in [-0.4, -0.2) is 18.8 Å². The third-order valence-corrected chi connectivity index (χ3v) is 3.82. The van der Waals surface area contributed by atoms with E-state index < -0.39 is 0 Å². The number of nitrogens with one attached hydrogen (secondary N) is 1. The highest BCUT2D eigenvalue weighted by molar-refractivity contribution is 6.30. The van der Waals surface area contributed by atoms with Crippen molar-refractivity contribution < 1.29 is 4.74 Å². The molecule has 1 heterocycles. The van der Waals surface area contributed by atoms with Crippen LogP contribution >= 0.6 is 11.6 Å². The van der Waals surface area contributed by atoms with Gasteiger partial charge in [0.15, 0.2) is 0 Å². The molecule has 1 saturated heterocycles. The molecule has 2 rings (SSSR count). The lowest BCUT2D eigenvalue weighted by atomic mass is 9.99. The Bertz CT molecular complexity index is 383. The lowest BCUT2D eigenvalue weighted by Crippen LogP contribution is -2.39. The SMILES string of the molecule is CCC(NC1CCOC(C)C1)c1cccc(Cl)c1. The van der Waals surface area contributed by atoms with Gasteiger partial charge < -0.3 is 10.1 Å². The van der Waals surface area contributed by atoms with Gasteiger partial charge >= 0.3 is 0 Å². The Hall–Kier alpha value is -0.570. The summed E-state index contributed by atoms with van der Waals surface area (Å²) in [5, 5.41) is 4.55. The van der Waals surface area contributed by atoms with Crippen molar-refractivity contribution in [3.8, 4) is 0 Å². The maximum absolute atomic E-state index is 6.06. The van der Waals surface area contributed by atoms with E-state index in [9.17, 15) is 0 Å². The first-order chi connectivity index (χ1) is 8.69. The summed E-state index contributed by atoms with van der Waals surface area (Å²) in [5.41, 5.74) is 1.28. The van der Waals surface area contributed by atoms with E-state index in [0.29, 0.717) is 18.2 Å². The first kappa shape index (κ1) is 13.9. The minimum Gasteiger partial charge on any atom is -0.378 e. The maximum Gasteiger partial charge on any atom is 0.0561 e. The van der Waals surface area contributed by atoms with Gasteiger partial charge in [0.1, 0.15) is 0 Å². The summed E-state index contributed by atoms with van der Waals surface area (Å²) in [6, 6.07) is 9.10. The fourth-order valence-corrected chi connectivity index (χ4v) is 2.81. The van der Waals surface area contributed by atoms with Gasteiger partial charge in [-0.05, 0) is 43.9 Å². The summed E-state index contributed by atoms with van der Waals surface area (Å²) in [6.07, 6.45) is 3.64. The van der Waals surface area contributed by atoms with Crippen molar-refractivity contribution in [3.05, 3.63) is 34.9 Å². The molecule has 1 aliphatic heterocycles. The molecule has 0 amide bonds. The Morgan fingerprint density at radius 1 is 1.50 bits per heavy atom. The van der Waals surface area contributed by atoms with Crippen LogP contribution in [0.2, 0.25) is 5.02 Å². The number of hydrogen-bond donors (Lipinski definition) is 1. The molecule has 1 N–H and O–H groups in total. The van der Waals surface area contributed by atoms with Gasteiger partial charge in [0.25, 0.3) is 0 Å². The molecule has 0 saturated carbocycles. The van der Waals surface area contributed by atoms with E-state index in [1.807, 2.05) is 12.1 Å². The molecular weight excluding hydrogens is 246 g/mol. The van der Waals surface area contributed by atoms with E-state index in [0.717, 1.165) is 30.9 Å². The van der Waals surface area contributed by atoms with Gasteiger partial charge in [-0.1, -0.05) is 30.7 Å².